The van der Waals surface area contributed by atoms with E-state index in [4.69, 9.17) is 0 Å². The fourth-order valence-electron chi connectivity index (χ4n) is 4.22. The molecule has 0 saturated carbocycles. The Morgan fingerprint density at radius 1 is 0.933 bits per heavy atom. The Labute approximate surface area is 173 Å². The van der Waals surface area contributed by atoms with E-state index >= 15 is 0 Å². The van der Waals surface area contributed by atoms with Crippen molar-refractivity contribution in [2.45, 2.75) is 6.92 Å². The van der Waals surface area contributed by atoms with Crippen LogP contribution in [0.5, 0.6) is 0 Å². The van der Waals surface area contributed by atoms with Crippen LogP contribution in [-0.2, 0) is 7.05 Å². The van der Waals surface area contributed by atoms with Crippen molar-refractivity contribution < 1.29 is 4.92 Å². The van der Waals surface area contributed by atoms with Crippen molar-refractivity contribution in [1.82, 2.24) is 9.55 Å². The molecule has 0 spiro atoms. The van der Waals surface area contributed by atoms with Gasteiger partial charge in [-0.05, 0) is 43.3 Å². The van der Waals surface area contributed by atoms with Gasteiger partial charge in [0.2, 0.25) is 0 Å². The number of non-ortho nitro benzene ring substituents is 1. The van der Waals surface area contributed by atoms with Crippen LogP contribution >= 0.6 is 0 Å². The van der Waals surface area contributed by atoms with E-state index in [0.29, 0.717) is 0 Å². The lowest BCUT2D eigenvalue weighted by Crippen LogP contribution is -2.10. The topological polar surface area (TPSA) is 64.2 Å². The maximum Gasteiger partial charge on any atom is 0.270 e. The van der Waals surface area contributed by atoms with Crippen molar-refractivity contribution in [2.75, 3.05) is 11.9 Å². The lowest BCUT2D eigenvalue weighted by atomic mass is 10.1. The summed E-state index contributed by atoms with van der Waals surface area (Å²) in [6.45, 7) is 2.00. The number of pyridine rings is 1. The molecule has 0 amide bonds. The first-order valence-electron chi connectivity index (χ1n) is 9.71. The number of rotatable bonds is 3. The van der Waals surface area contributed by atoms with Gasteiger partial charge in [-0.3, -0.25) is 15.1 Å². The van der Waals surface area contributed by atoms with Gasteiger partial charge >= 0.3 is 0 Å². The number of nitro benzene ring substituents is 1. The first kappa shape index (κ1) is 18.1. The van der Waals surface area contributed by atoms with Crippen molar-refractivity contribution in [3.63, 3.8) is 0 Å². The summed E-state index contributed by atoms with van der Waals surface area (Å²) in [6.07, 6.45) is 0. The molecule has 0 aliphatic rings. The number of para-hydroxylation sites is 1. The zero-order valence-corrected chi connectivity index (χ0v) is 17.0. The van der Waals surface area contributed by atoms with Crippen LogP contribution in [-0.4, -0.2) is 21.5 Å². The fraction of sp³-hybridized carbons (Fsp3) is 0.125. The van der Waals surface area contributed by atoms with Crippen LogP contribution in [0.1, 0.15) is 5.69 Å². The van der Waals surface area contributed by atoms with Crippen LogP contribution in [0.25, 0.3) is 32.7 Å². The standard InChI is InChI=1S/C24H20N4O2/c1-15-12-24(18-6-4-5-7-21(18)25-15)26(2)16-8-10-22-19(13-16)20-14-17(28(29)30)9-11-23(20)27(22)3/h4-14H,1-3H3. The molecule has 0 aliphatic heterocycles. The van der Waals surface area contributed by atoms with Gasteiger partial charge in [0.15, 0.2) is 0 Å². The first-order chi connectivity index (χ1) is 14.4. The van der Waals surface area contributed by atoms with E-state index in [1.54, 1.807) is 12.1 Å². The summed E-state index contributed by atoms with van der Waals surface area (Å²) in [5, 5.41) is 14.2. The number of nitro groups is 1. The predicted molar refractivity (Wildman–Crippen MR) is 122 cm³/mol. The second kappa shape index (κ2) is 6.56. The Hall–Kier alpha value is -3.93. The molecule has 2 aromatic heterocycles. The highest BCUT2D eigenvalue weighted by Gasteiger charge is 2.16. The molecule has 148 valence electrons. The largest absolute Gasteiger partial charge is 0.344 e. The van der Waals surface area contributed by atoms with Gasteiger partial charge < -0.3 is 9.47 Å². The van der Waals surface area contributed by atoms with Crippen molar-refractivity contribution in [3.05, 3.63) is 82.5 Å². The lowest BCUT2D eigenvalue weighted by Gasteiger charge is -2.22. The smallest absolute Gasteiger partial charge is 0.270 e. The van der Waals surface area contributed by atoms with Crippen molar-refractivity contribution >= 4 is 49.8 Å². The third-order valence-electron chi connectivity index (χ3n) is 5.76. The lowest BCUT2D eigenvalue weighted by molar-refractivity contribution is -0.384. The Kier molecular flexibility index (Phi) is 3.96. The maximum atomic E-state index is 11.3. The molecular weight excluding hydrogens is 376 g/mol. The number of aryl methyl sites for hydroxylation is 2. The summed E-state index contributed by atoms with van der Waals surface area (Å²) in [6, 6.07) is 21.5. The zero-order chi connectivity index (χ0) is 21.0. The number of hydrogen-bond acceptors (Lipinski definition) is 4. The average Bonchev–Trinajstić information content (AvgIpc) is 3.03. The van der Waals surface area contributed by atoms with Gasteiger partial charge in [0.25, 0.3) is 5.69 Å². The van der Waals surface area contributed by atoms with Crippen LogP contribution in [0.2, 0.25) is 0 Å². The molecule has 30 heavy (non-hydrogen) atoms. The molecule has 0 saturated heterocycles. The molecule has 2 heterocycles. The Balaban J connectivity index is 1.73. The number of fused-ring (bicyclic) bond motifs is 4. The van der Waals surface area contributed by atoms with Crippen LogP contribution in [0.15, 0.2) is 66.7 Å². The number of aromatic nitrogens is 2. The van der Waals surface area contributed by atoms with E-state index in [9.17, 15) is 10.1 Å². The van der Waals surface area contributed by atoms with Crippen LogP contribution < -0.4 is 4.90 Å². The highest BCUT2D eigenvalue weighted by atomic mass is 16.6. The van der Waals surface area contributed by atoms with Gasteiger partial charge in [0, 0.05) is 64.8 Å². The third kappa shape index (κ3) is 2.69. The van der Waals surface area contributed by atoms with Crippen LogP contribution in [0.4, 0.5) is 17.1 Å². The average molecular weight is 396 g/mol. The monoisotopic (exact) mass is 396 g/mol. The van der Waals surface area contributed by atoms with Crippen molar-refractivity contribution in [2.24, 2.45) is 7.05 Å². The Bertz CT molecular complexity index is 1470. The van der Waals surface area contributed by atoms with Gasteiger partial charge in [-0.15, -0.1) is 0 Å². The number of nitrogens with zero attached hydrogens (tertiary/aromatic N) is 4. The second-order valence-electron chi connectivity index (χ2n) is 7.58. The molecule has 0 N–H and O–H groups in total. The van der Waals surface area contributed by atoms with Gasteiger partial charge in [-0.25, -0.2) is 0 Å². The van der Waals surface area contributed by atoms with E-state index in [-0.39, 0.29) is 10.6 Å². The minimum Gasteiger partial charge on any atom is -0.344 e. The van der Waals surface area contributed by atoms with Gasteiger partial charge in [-0.2, -0.15) is 0 Å². The SMILES string of the molecule is Cc1cc(N(C)c2ccc3c(c2)c2cc([N+](=O)[O-])ccc2n3C)c2ccccc2n1. The second-order valence-corrected chi connectivity index (χ2v) is 7.58. The highest BCUT2D eigenvalue weighted by molar-refractivity contribution is 6.10. The molecule has 5 aromatic rings. The van der Waals surface area contributed by atoms with Crippen LogP contribution in [0, 0.1) is 17.0 Å². The number of hydrogen-bond donors (Lipinski definition) is 0. The van der Waals surface area contributed by atoms with Crippen LogP contribution in [0.3, 0.4) is 0 Å². The van der Waals surface area contributed by atoms with Gasteiger partial charge in [-0.1, -0.05) is 18.2 Å². The van der Waals surface area contributed by atoms with E-state index in [2.05, 4.69) is 44.8 Å². The summed E-state index contributed by atoms with van der Waals surface area (Å²) in [5.74, 6) is 0. The van der Waals surface area contributed by atoms with E-state index < -0.39 is 0 Å². The van der Waals surface area contributed by atoms with Gasteiger partial charge in [0.05, 0.1) is 16.1 Å². The molecule has 0 bridgehead atoms. The molecule has 0 unspecified atom stereocenters. The molecule has 6 nitrogen and oxygen atoms in total. The molecule has 0 fully saturated rings. The summed E-state index contributed by atoms with van der Waals surface area (Å²) in [4.78, 5) is 17.7. The van der Waals surface area contributed by atoms with Crippen molar-refractivity contribution in [3.8, 4) is 0 Å². The molecule has 5 rings (SSSR count). The van der Waals surface area contributed by atoms with E-state index in [1.165, 1.54) is 0 Å². The molecule has 0 aliphatic carbocycles. The fourth-order valence-corrected chi connectivity index (χ4v) is 4.22. The number of benzene rings is 3. The molecular formula is C24H20N4O2. The summed E-state index contributed by atoms with van der Waals surface area (Å²) < 4.78 is 2.07. The third-order valence-corrected chi connectivity index (χ3v) is 5.76. The minimum absolute atomic E-state index is 0.101. The Morgan fingerprint density at radius 2 is 1.63 bits per heavy atom. The van der Waals surface area contributed by atoms with Crippen molar-refractivity contribution in [1.29, 1.82) is 0 Å². The molecule has 6 heteroatoms. The first-order valence-corrected chi connectivity index (χ1v) is 9.71. The molecule has 0 radical (unpaired) electrons. The minimum atomic E-state index is -0.347. The van der Waals surface area contributed by atoms with E-state index in [0.717, 1.165) is 49.8 Å². The van der Waals surface area contributed by atoms with E-state index in [1.807, 2.05) is 45.3 Å². The Morgan fingerprint density at radius 3 is 2.40 bits per heavy atom. The molecule has 0 atom stereocenters. The predicted octanol–water partition coefficient (Wildman–Crippen LogP) is 5.86. The zero-order valence-electron chi connectivity index (χ0n) is 17.0. The summed E-state index contributed by atoms with van der Waals surface area (Å²) >= 11 is 0. The normalized spacial score (nSPS) is 11.4. The van der Waals surface area contributed by atoms with Gasteiger partial charge in [0.1, 0.15) is 0 Å². The maximum absolute atomic E-state index is 11.3. The highest BCUT2D eigenvalue weighted by Crippen LogP contribution is 2.36. The number of anilines is 2. The summed E-state index contributed by atoms with van der Waals surface area (Å²) in [5.41, 5.74) is 6.11. The summed E-state index contributed by atoms with van der Waals surface area (Å²) in [7, 11) is 4.02. The quantitative estimate of drug-likeness (QED) is 0.283. The molecule has 3 aromatic carbocycles.